The highest BCUT2D eigenvalue weighted by molar-refractivity contribution is 7.91. The van der Waals surface area contributed by atoms with Crippen LogP contribution in [0.4, 0.5) is 10.5 Å². The number of benzene rings is 1. The van der Waals surface area contributed by atoms with Gasteiger partial charge in [0.2, 0.25) is 5.91 Å². The Morgan fingerprint density at radius 3 is 2.59 bits per heavy atom. The number of hydrogen-bond donors (Lipinski definition) is 2. The van der Waals surface area contributed by atoms with Gasteiger partial charge in [0.25, 0.3) is 0 Å². The highest BCUT2D eigenvalue weighted by Crippen LogP contribution is 2.17. The van der Waals surface area contributed by atoms with Crippen LogP contribution in [0.15, 0.2) is 34.3 Å². The summed E-state index contributed by atoms with van der Waals surface area (Å²) in [6.07, 6.45) is 0. The first-order chi connectivity index (χ1) is 10.3. The third-order valence-electron chi connectivity index (χ3n) is 2.91. The molecule has 2 N–H and O–H groups in total. The van der Waals surface area contributed by atoms with Crippen LogP contribution >= 0.6 is 0 Å². The molecule has 1 aliphatic heterocycles. The van der Waals surface area contributed by atoms with E-state index in [1.807, 2.05) is 0 Å². The van der Waals surface area contributed by atoms with Crippen molar-refractivity contribution in [3.63, 3.8) is 0 Å². The zero-order valence-electron chi connectivity index (χ0n) is 12.2. The summed E-state index contributed by atoms with van der Waals surface area (Å²) >= 11 is 0. The molecule has 0 bridgehead atoms. The fraction of sp³-hybridized carbons (Fsp3) is 0.308. The van der Waals surface area contributed by atoms with Crippen LogP contribution in [0.1, 0.15) is 13.8 Å². The van der Waals surface area contributed by atoms with Crippen LogP contribution in [-0.2, 0) is 14.6 Å². The number of hydrogen-bond acceptors (Lipinski definition) is 5. The maximum atomic E-state index is 12.3. The highest BCUT2D eigenvalue weighted by Gasteiger charge is 2.25. The van der Waals surface area contributed by atoms with Gasteiger partial charge in [-0.1, -0.05) is 0 Å². The number of amides is 3. The van der Waals surface area contributed by atoms with Gasteiger partial charge in [-0.05, 0) is 31.2 Å². The van der Waals surface area contributed by atoms with Gasteiger partial charge in [0.05, 0.1) is 17.2 Å². The molecule has 1 heterocycles. The molecule has 0 fully saturated rings. The molecule has 0 saturated heterocycles. The van der Waals surface area contributed by atoms with Crippen LogP contribution in [0.3, 0.4) is 0 Å². The number of urea groups is 1. The van der Waals surface area contributed by atoms with E-state index in [9.17, 15) is 18.0 Å². The molecule has 22 heavy (non-hydrogen) atoms. The number of carbonyl (C=O) groups excluding carboxylic acids is 2. The molecule has 0 unspecified atom stereocenters. The van der Waals surface area contributed by atoms with Crippen molar-refractivity contribution in [2.45, 2.75) is 18.7 Å². The van der Waals surface area contributed by atoms with E-state index < -0.39 is 21.7 Å². The molecule has 1 aromatic carbocycles. The van der Waals surface area contributed by atoms with Crippen molar-refractivity contribution in [2.24, 2.45) is 5.10 Å². The zero-order chi connectivity index (χ0) is 16.3. The van der Waals surface area contributed by atoms with Crippen molar-refractivity contribution in [3.05, 3.63) is 24.3 Å². The van der Waals surface area contributed by atoms with Gasteiger partial charge in [-0.3, -0.25) is 4.79 Å². The summed E-state index contributed by atoms with van der Waals surface area (Å²) in [5.41, 5.74) is 3.38. The van der Waals surface area contributed by atoms with Crippen molar-refractivity contribution in [2.75, 3.05) is 17.7 Å². The molecular formula is C13H16N4O4S. The number of rotatable bonds is 4. The summed E-state index contributed by atoms with van der Waals surface area (Å²) in [5, 5.41) is 6.30. The first-order valence-corrected chi connectivity index (χ1v) is 8.11. The van der Waals surface area contributed by atoms with Crippen molar-refractivity contribution >= 4 is 33.2 Å². The smallest absolute Gasteiger partial charge is 0.326 e. The zero-order valence-corrected chi connectivity index (χ0v) is 13.0. The summed E-state index contributed by atoms with van der Waals surface area (Å²) in [6.45, 7) is 3.22. The van der Waals surface area contributed by atoms with E-state index in [4.69, 9.17) is 0 Å². The van der Waals surface area contributed by atoms with Gasteiger partial charge in [0, 0.05) is 12.6 Å². The van der Waals surface area contributed by atoms with Crippen molar-refractivity contribution in [1.82, 2.24) is 10.3 Å². The predicted octanol–water partition coefficient (Wildman–Crippen LogP) is 0.777. The Hall–Kier alpha value is -2.42. The summed E-state index contributed by atoms with van der Waals surface area (Å²) in [7, 11) is -3.66. The molecular weight excluding hydrogens is 308 g/mol. The Kier molecular flexibility index (Phi) is 4.45. The summed E-state index contributed by atoms with van der Waals surface area (Å²) in [6, 6.07) is 5.23. The topological polar surface area (TPSA) is 108 Å². The van der Waals surface area contributed by atoms with E-state index in [1.54, 1.807) is 6.92 Å². The van der Waals surface area contributed by atoms with Crippen molar-refractivity contribution in [3.8, 4) is 0 Å². The first-order valence-electron chi connectivity index (χ1n) is 6.46. The van der Waals surface area contributed by atoms with Crippen LogP contribution in [0.25, 0.3) is 0 Å². The fourth-order valence-corrected chi connectivity index (χ4v) is 3.25. The maximum Gasteiger partial charge on any atom is 0.339 e. The summed E-state index contributed by atoms with van der Waals surface area (Å²) in [5.74, 6) is -0.680. The molecule has 1 aromatic rings. The Bertz CT molecular complexity index is 725. The number of nitrogens with one attached hydrogen (secondary N) is 2. The molecule has 0 aliphatic carbocycles. The molecule has 0 saturated carbocycles. The lowest BCUT2D eigenvalue weighted by molar-refractivity contribution is -0.114. The lowest BCUT2D eigenvalue weighted by Crippen LogP contribution is -2.47. The predicted molar refractivity (Wildman–Crippen MR) is 81.1 cm³/mol. The molecule has 0 radical (unpaired) electrons. The molecule has 3 amide bonds. The van der Waals surface area contributed by atoms with Crippen LogP contribution in [0.5, 0.6) is 0 Å². The second-order valence-corrected chi connectivity index (χ2v) is 6.87. The van der Waals surface area contributed by atoms with E-state index in [0.717, 1.165) is 0 Å². The van der Waals surface area contributed by atoms with E-state index in [2.05, 4.69) is 15.8 Å². The normalized spacial score (nSPS) is 15.1. The highest BCUT2D eigenvalue weighted by atomic mass is 32.2. The minimum atomic E-state index is -3.66. The van der Waals surface area contributed by atoms with E-state index >= 15 is 0 Å². The minimum absolute atomic E-state index is 0.0783. The van der Waals surface area contributed by atoms with Gasteiger partial charge >= 0.3 is 6.03 Å². The van der Waals surface area contributed by atoms with Crippen LogP contribution in [0, 0.1) is 0 Å². The van der Waals surface area contributed by atoms with Crippen LogP contribution in [-0.4, -0.2) is 43.4 Å². The standard InChI is InChI=1S/C13H16N4O4S/c1-9-7-17(13(19)16-15-9)8-22(20,21)12-5-3-11(4-6-12)14-10(2)18/h3-6H,7-8H2,1-2H3,(H,14,18)(H,16,19). The average molecular weight is 324 g/mol. The number of carbonyl (C=O) groups is 2. The number of sulfone groups is 1. The van der Waals surface area contributed by atoms with Crippen LogP contribution in [0.2, 0.25) is 0 Å². The number of hydrazone groups is 1. The largest absolute Gasteiger partial charge is 0.339 e. The SMILES string of the molecule is CC(=O)Nc1ccc(S(=O)(=O)CN2CC(C)=NNC2=O)cc1. The summed E-state index contributed by atoms with van der Waals surface area (Å²) in [4.78, 5) is 23.8. The molecule has 0 atom stereocenters. The Labute approximate surface area is 128 Å². The number of nitrogens with zero attached hydrogens (tertiary/aromatic N) is 2. The molecule has 118 valence electrons. The fourth-order valence-electron chi connectivity index (χ4n) is 1.93. The molecule has 0 spiro atoms. The van der Waals surface area contributed by atoms with Gasteiger partial charge in [-0.2, -0.15) is 5.10 Å². The van der Waals surface area contributed by atoms with E-state index in [1.165, 1.54) is 36.1 Å². The van der Waals surface area contributed by atoms with Gasteiger partial charge in [-0.25, -0.2) is 18.6 Å². The van der Waals surface area contributed by atoms with E-state index in [-0.39, 0.29) is 17.3 Å². The Morgan fingerprint density at radius 2 is 2.00 bits per heavy atom. The van der Waals surface area contributed by atoms with Gasteiger partial charge < -0.3 is 10.2 Å². The second kappa shape index (κ2) is 6.14. The maximum absolute atomic E-state index is 12.3. The minimum Gasteiger partial charge on any atom is -0.326 e. The lowest BCUT2D eigenvalue weighted by Gasteiger charge is -2.25. The second-order valence-electron chi connectivity index (χ2n) is 4.91. The third-order valence-corrected chi connectivity index (χ3v) is 4.55. The number of anilines is 1. The van der Waals surface area contributed by atoms with Gasteiger partial charge in [0.1, 0.15) is 5.88 Å². The molecule has 2 rings (SSSR count). The van der Waals surface area contributed by atoms with Gasteiger partial charge in [0.15, 0.2) is 9.84 Å². The molecule has 0 aromatic heterocycles. The molecule has 8 nitrogen and oxygen atoms in total. The monoisotopic (exact) mass is 324 g/mol. The lowest BCUT2D eigenvalue weighted by atomic mass is 10.3. The Balaban J connectivity index is 2.15. The molecule has 1 aliphatic rings. The van der Waals surface area contributed by atoms with Crippen LogP contribution < -0.4 is 10.7 Å². The third kappa shape index (κ3) is 3.82. The Morgan fingerprint density at radius 1 is 1.36 bits per heavy atom. The molecule has 9 heteroatoms. The van der Waals surface area contributed by atoms with E-state index in [0.29, 0.717) is 11.4 Å². The first kappa shape index (κ1) is 16.0. The van der Waals surface area contributed by atoms with Crippen molar-refractivity contribution < 1.29 is 18.0 Å². The van der Waals surface area contributed by atoms with Crippen molar-refractivity contribution in [1.29, 1.82) is 0 Å². The quantitative estimate of drug-likeness (QED) is 0.853. The summed E-state index contributed by atoms with van der Waals surface area (Å²) < 4.78 is 24.7. The average Bonchev–Trinajstić information content (AvgIpc) is 2.42. The van der Waals surface area contributed by atoms with Gasteiger partial charge in [-0.15, -0.1) is 0 Å².